The Hall–Kier alpha value is -2.28. The van der Waals surface area contributed by atoms with E-state index in [0.29, 0.717) is 0 Å². The summed E-state index contributed by atoms with van der Waals surface area (Å²) in [7, 11) is 0. The van der Waals surface area contributed by atoms with E-state index >= 15 is 0 Å². The number of nitrogens with zero attached hydrogens (tertiary/aromatic N) is 1. The van der Waals surface area contributed by atoms with Crippen molar-refractivity contribution in [2.75, 3.05) is 0 Å². The van der Waals surface area contributed by atoms with Crippen LogP contribution in [0, 0.1) is 0 Å². The van der Waals surface area contributed by atoms with Gasteiger partial charge < -0.3 is 4.57 Å². The third kappa shape index (κ3) is 1.28. The van der Waals surface area contributed by atoms with Gasteiger partial charge in [-0.1, -0.05) is 48.6 Å². The summed E-state index contributed by atoms with van der Waals surface area (Å²) >= 11 is 0. The third-order valence-electron chi connectivity index (χ3n) is 3.56. The first-order valence-electron chi connectivity index (χ1n) is 6.30. The molecule has 2 heterocycles. The van der Waals surface area contributed by atoms with Crippen molar-refractivity contribution in [3.8, 4) is 0 Å². The lowest BCUT2D eigenvalue weighted by Gasteiger charge is -2.15. The summed E-state index contributed by atoms with van der Waals surface area (Å²) in [5, 5.41) is 1.30. The SMILES string of the molecule is C1=Cc2cc3ccccc3n2C2=CCC=CC2=C1. The fourth-order valence-corrected chi connectivity index (χ4v) is 2.76. The molecular formula is C17H13N. The number of aromatic nitrogens is 1. The third-order valence-corrected chi connectivity index (χ3v) is 3.56. The summed E-state index contributed by atoms with van der Waals surface area (Å²) in [5.41, 5.74) is 5.13. The van der Waals surface area contributed by atoms with Crippen molar-refractivity contribution in [2.24, 2.45) is 0 Å². The number of allylic oxidation sites excluding steroid dienone is 7. The van der Waals surface area contributed by atoms with Gasteiger partial charge in [0, 0.05) is 16.8 Å². The number of para-hydroxylation sites is 1. The monoisotopic (exact) mass is 231 g/mol. The van der Waals surface area contributed by atoms with E-state index in [0.717, 1.165) is 6.42 Å². The second kappa shape index (κ2) is 3.61. The van der Waals surface area contributed by atoms with Crippen molar-refractivity contribution in [1.82, 2.24) is 4.57 Å². The average molecular weight is 231 g/mol. The Labute approximate surface area is 106 Å². The molecule has 0 saturated carbocycles. The normalized spacial score (nSPS) is 16.9. The van der Waals surface area contributed by atoms with E-state index in [1.165, 1.54) is 27.9 Å². The maximum absolute atomic E-state index is 2.36. The molecule has 0 saturated heterocycles. The van der Waals surface area contributed by atoms with Crippen LogP contribution in [-0.2, 0) is 0 Å². The smallest absolute Gasteiger partial charge is 0.0534 e. The molecule has 4 rings (SSSR count). The molecule has 0 radical (unpaired) electrons. The molecule has 18 heavy (non-hydrogen) atoms. The highest BCUT2D eigenvalue weighted by Crippen LogP contribution is 2.32. The summed E-state index contributed by atoms with van der Waals surface area (Å²) in [6.07, 6.45) is 14.2. The standard InChI is InChI=1S/C17H13N/c1-3-10-16-13(6-1)8-5-9-15-12-14-7-2-4-11-17(14)18(15)16/h1-2,4-12H,3H2. The molecule has 86 valence electrons. The Bertz CT molecular complexity index is 751. The Morgan fingerprint density at radius 1 is 1.06 bits per heavy atom. The van der Waals surface area contributed by atoms with Gasteiger partial charge in [0.1, 0.15) is 0 Å². The predicted octanol–water partition coefficient (Wildman–Crippen LogP) is 4.40. The highest BCUT2D eigenvalue weighted by molar-refractivity contribution is 5.91. The largest absolute Gasteiger partial charge is 0.310 e. The van der Waals surface area contributed by atoms with Crippen LogP contribution in [0.25, 0.3) is 22.7 Å². The summed E-state index contributed by atoms with van der Waals surface area (Å²) in [4.78, 5) is 0. The summed E-state index contributed by atoms with van der Waals surface area (Å²) in [6.45, 7) is 0. The van der Waals surface area contributed by atoms with Gasteiger partial charge >= 0.3 is 0 Å². The molecule has 1 nitrogen and oxygen atoms in total. The number of hydrogen-bond acceptors (Lipinski definition) is 0. The lowest BCUT2D eigenvalue weighted by Crippen LogP contribution is -2.01. The van der Waals surface area contributed by atoms with Gasteiger partial charge in [0.25, 0.3) is 0 Å². The van der Waals surface area contributed by atoms with Crippen LogP contribution in [0.3, 0.4) is 0 Å². The van der Waals surface area contributed by atoms with Crippen molar-refractivity contribution in [1.29, 1.82) is 0 Å². The molecule has 0 spiro atoms. The van der Waals surface area contributed by atoms with Crippen LogP contribution in [0.5, 0.6) is 0 Å². The molecular weight excluding hydrogens is 218 g/mol. The average Bonchev–Trinajstić information content (AvgIpc) is 2.68. The van der Waals surface area contributed by atoms with E-state index in [2.05, 4.69) is 71.4 Å². The Kier molecular flexibility index (Phi) is 1.95. The Balaban J connectivity index is 2.10. The maximum Gasteiger partial charge on any atom is 0.0534 e. The van der Waals surface area contributed by atoms with Gasteiger partial charge in [-0.15, -0.1) is 0 Å². The van der Waals surface area contributed by atoms with Crippen LogP contribution < -0.4 is 0 Å². The lowest BCUT2D eigenvalue weighted by atomic mass is 10.1. The van der Waals surface area contributed by atoms with E-state index in [-0.39, 0.29) is 0 Å². The molecule has 0 atom stereocenters. The van der Waals surface area contributed by atoms with Gasteiger partial charge in [-0.2, -0.15) is 0 Å². The molecule has 1 aromatic carbocycles. The summed E-state index contributed by atoms with van der Waals surface area (Å²) in [6, 6.07) is 10.8. The van der Waals surface area contributed by atoms with E-state index in [1.54, 1.807) is 0 Å². The molecule has 1 heteroatoms. The minimum absolute atomic E-state index is 1.01. The van der Waals surface area contributed by atoms with Gasteiger partial charge in [-0.25, -0.2) is 0 Å². The van der Waals surface area contributed by atoms with Gasteiger partial charge in [0.2, 0.25) is 0 Å². The molecule has 2 aliphatic rings. The summed E-state index contributed by atoms with van der Waals surface area (Å²) in [5.74, 6) is 0. The molecule has 0 bridgehead atoms. The van der Waals surface area contributed by atoms with Crippen molar-refractivity contribution in [2.45, 2.75) is 6.42 Å². The molecule has 0 fully saturated rings. The van der Waals surface area contributed by atoms with Gasteiger partial charge in [0.15, 0.2) is 0 Å². The van der Waals surface area contributed by atoms with Crippen molar-refractivity contribution < 1.29 is 0 Å². The highest BCUT2D eigenvalue weighted by atomic mass is 15.0. The molecule has 1 aliphatic heterocycles. The minimum Gasteiger partial charge on any atom is -0.310 e. The second-order valence-electron chi connectivity index (χ2n) is 4.67. The second-order valence-corrected chi connectivity index (χ2v) is 4.67. The number of rotatable bonds is 0. The highest BCUT2D eigenvalue weighted by Gasteiger charge is 2.15. The van der Waals surface area contributed by atoms with Crippen LogP contribution >= 0.6 is 0 Å². The molecule has 1 aromatic heterocycles. The molecule has 0 amide bonds. The quantitative estimate of drug-likeness (QED) is 0.633. The van der Waals surface area contributed by atoms with Crippen LogP contribution in [0.4, 0.5) is 0 Å². The van der Waals surface area contributed by atoms with Crippen molar-refractivity contribution in [3.63, 3.8) is 0 Å². The zero-order chi connectivity index (χ0) is 11.9. The fraction of sp³-hybridized carbons (Fsp3) is 0.0588. The molecule has 2 aromatic rings. The summed E-state index contributed by atoms with van der Waals surface area (Å²) < 4.78 is 2.36. The van der Waals surface area contributed by atoms with E-state index in [1.807, 2.05) is 0 Å². The van der Waals surface area contributed by atoms with Crippen molar-refractivity contribution >= 4 is 22.7 Å². The van der Waals surface area contributed by atoms with Crippen LogP contribution in [0.1, 0.15) is 12.1 Å². The lowest BCUT2D eigenvalue weighted by molar-refractivity contribution is 1.12. The minimum atomic E-state index is 1.01. The first-order chi connectivity index (χ1) is 8.93. The van der Waals surface area contributed by atoms with E-state index in [4.69, 9.17) is 0 Å². The Morgan fingerprint density at radius 3 is 3.00 bits per heavy atom. The Morgan fingerprint density at radius 2 is 2.00 bits per heavy atom. The fourth-order valence-electron chi connectivity index (χ4n) is 2.76. The zero-order valence-corrected chi connectivity index (χ0v) is 10.0. The van der Waals surface area contributed by atoms with E-state index in [9.17, 15) is 0 Å². The molecule has 0 unspecified atom stereocenters. The zero-order valence-electron chi connectivity index (χ0n) is 10.0. The van der Waals surface area contributed by atoms with Crippen LogP contribution in [0.15, 0.2) is 66.3 Å². The number of benzene rings is 1. The van der Waals surface area contributed by atoms with Gasteiger partial charge in [0.05, 0.1) is 5.52 Å². The van der Waals surface area contributed by atoms with Crippen LogP contribution in [-0.4, -0.2) is 4.57 Å². The van der Waals surface area contributed by atoms with E-state index < -0.39 is 0 Å². The van der Waals surface area contributed by atoms with Gasteiger partial charge in [-0.05, 0) is 30.2 Å². The van der Waals surface area contributed by atoms with Crippen LogP contribution in [0.2, 0.25) is 0 Å². The first kappa shape index (κ1) is 9.72. The molecule has 1 aliphatic carbocycles. The number of fused-ring (bicyclic) bond motifs is 5. The predicted molar refractivity (Wildman–Crippen MR) is 77.1 cm³/mol. The number of hydrogen-bond donors (Lipinski definition) is 0. The topological polar surface area (TPSA) is 4.93 Å². The first-order valence-corrected chi connectivity index (χ1v) is 6.30. The van der Waals surface area contributed by atoms with Crippen molar-refractivity contribution in [3.05, 3.63) is 72.0 Å². The van der Waals surface area contributed by atoms with Gasteiger partial charge in [-0.3, -0.25) is 0 Å². The molecule has 0 N–H and O–H groups in total. The maximum atomic E-state index is 2.36.